The molecule has 1 aliphatic carbocycles. The first-order valence-electron chi connectivity index (χ1n) is 7.90. The van der Waals surface area contributed by atoms with Gasteiger partial charge in [-0.1, -0.05) is 17.7 Å². The standard InChI is InChI=1S/C17H22ClN5/c1-23(2)9-8-19-17-21-15(12-6-7-12)11-16(22-17)20-14-5-3-4-13(18)10-14/h3-5,10-12H,6-9H2,1-2H3,(H2,19,20,21,22). The lowest BCUT2D eigenvalue weighted by molar-refractivity contribution is 0.425. The van der Waals surface area contributed by atoms with E-state index in [0.29, 0.717) is 16.9 Å². The smallest absolute Gasteiger partial charge is 0.224 e. The quantitative estimate of drug-likeness (QED) is 0.809. The fourth-order valence-electron chi connectivity index (χ4n) is 2.30. The van der Waals surface area contributed by atoms with Gasteiger partial charge in [-0.05, 0) is 45.1 Å². The van der Waals surface area contributed by atoms with Crippen LogP contribution in [0.5, 0.6) is 0 Å². The van der Waals surface area contributed by atoms with Crippen LogP contribution >= 0.6 is 11.6 Å². The number of anilines is 3. The number of halogens is 1. The first kappa shape index (κ1) is 16.0. The Balaban J connectivity index is 1.76. The summed E-state index contributed by atoms with van der Waals surface area (Å²) in [5.41, 5.74) is 2.04. The van der Waals surface area contributed by atoms with Crippen molar-refractivity contribution >= 4 is 29.1 Å². The van der Waals surface area contributed by atoms with E-state index in [9.17, 15) is 0 Å². The Morgan fingerprint density at radius 3 is 2.74 bits per heavy atom. The number of benzene rings is 1. The van der Waals surface area contributed by atoms with Gasteiger partial charge in [-0.2, -0.15) is 4.98 Å². The molecule has 1 aliphatic rings. The molecule has 0 atom stereocenters. The second-order valence-corrected chi connectivity index (χ2v) is 6.58. The van der Waals surface area contributed by atoms with E-state index in [4.69, 9.17) is 11.6 Å². The molecule has 0 spiro atoms. The third kappa shape index (κ3) is 4.81. The van der Waals surface area contributed by atoms with Gasteiger partial charge in [0.05, 0.1) is 5.69 Å². The molecule has 0 bridgehead atoms. The Kier molecular flexibility index (Phi) is 4.98. The third-order valence-electron chi connectivity index (χ3n) is 3.68. The van der Waals surface area contributed by atoms with E-state index < -0.39 is 0 Å². The molecule has 2 aromatic rings. The number of nitrogens with zero attached hydrogens (tertiary/aromatic N) is 3. The van der Waals surface area contributed by atoms with E-state index in [-0.39, 0.29) is 0 Å². The number of nitrogens with one attached hydrogen (secondary N) is 2. The molecule has 1 aromatic heterocycles. The van der Waals surface area contributed by atoms with Gasteiger partial charge in [-0.3, -0.25) is 0 Å². The molecule has 0 radical (unpaired) electrons. The number of likely N-dealkylation sites (N-methyl/N-ethyl adjacent to an activating group) is 1. The van der Waals surface area contributed by atoms with Crippen LogP contribution in [0.25, 0.3) is 0 Å². The molecule has 0 aliphatic heterocycles. The summed E-state index contributed by atoms with van der Waals surface area (Å²) >= 11 is 6.04. The van der Waals surface area contributed by atoms with E-state index in [0.717, 1.165) is 30.3 Å². The minimum Gasteiger partial charge on any atom is -0.353 e. The third-order valence-corrected chi connectivity index (χ3v) is 3.92. The number of hydrogen-bond donors (Lipinski definition) is 2. The Hall–Kier alpha value is -1.85. The minimum absolute atomic E-state index is 0.576. The number of hydrogen-bond acceptors (Lipinski definition) is 5. The molecule has 2 N–H and O–H groups in total. The number of rotatable bonds is 7. The minimum atomic E-state index is 0.576. The van der Waals surface area contributed by atoms with Gasteiger partial charge >= 0.3 is 0 Å². The van der Waals surface area contributed by atoms with Crippen molar-refractivity contribution in [3.8, 4) is 0 Å². The highest BCUT2D eigenvalue weighted by molar-refractivity contribution is 6.30. The van der Waals surface area contributed by atoms with Crippen LogP contribution in [0.3, 0.4) is 0 Å². The van der Waals surface area contributed by atoms with Gasteiger partial charge in [-0.15, -0.1) is 0 Å². The summed E-state index contributed by atoms with van der Waals surface area (Å²) in [6.07, 6.45) is 2.43. The van der Waals surface area contributed by atoms with E-state index in [2.05, 4.69) is 39.6 Å². The predicted octanol–water partition coefficient (Wildman–Crippen LogP) is 3.72. The highest BCUT2D eigenvalue weighted by Gasteiger charge is 2.26. The highest BCUT2D eigenvalue weighted by atomic mass is 35.5. The first-order chi connectivity index (χ1) is 11.1. The zero-order chi connectivity index (χ0) is 16.2. The van der Waals surface area contributed by atoms with Crippen LogP contribution in [0.2, 0.25) is 5.02 Å². The Bertz CT molecular complexity index is 670. The number of aromatic nitrogens is 2. The van der Waals surface area contributed by atoms with Crippen molar-refractivity contribution in [3.05, 3.63) is 41.0 Å². The summed E-state index contributed by atoms with van der Waals surface area (Å²) in [6.45, 7) is 1.76. The van der Waals surface area contributed by atoms with Gasteiger partial charge in [0.25, 0.3) is 0 Å². The monoisotopic (exact) mass is 331 g/mol. The summed E-state index contributed by atoms with van der Waals surface area (Å²) in [6, 6.07) is 9.68. The SMILES string of the molecule is CN(C)CCNc1nc(Nc2cccc(Cl)c2)cc(C2CC2)n1. The van der Waals surface area contributed by atoms with Gasteiger partial charge in [0.2, 0.25) is 5.95 Å². The molecule has 23 heavy (non-hydrogen) atoms. The predicted molar refractivity (Wildman–Crippen MR) is 95.8 cm³/mol. The molecular weight excluding hydrogens is 310 g/mol. The molecule has 1 fully saturated rings. The largest absolute Gasteiger partial charge is 0.353 e. The molecule has 1 heterocycles. The normalized spacial score (nSPS) is 14.1. The molecular formula is C17H22ClN5. The van der Waals surface area contributed by atoms with Crippen molar-refractivity contribution in [2.75, 3.05) is 37.8 Å². The van der Waals surface area contributed by atoms with Crippen LogP contribution < -0.4 is 10.6 Å². The maximum Gasteiger partial charge on any atom is 0.224 e. The first-order valence-corrected chi connectivity index (χ1v) is 8.28. The molecule has 3 rings (SSSR count). The lowest BCUT2D eigenvalue weighted by atomic mass is 10.2. The second-order valence-electron chi connectivity index (χ2n) is 6.14. The van der Waals surface area contributed by atoms with Crippen LogP contribution in [0.1, 0.15) is 24.5 Å². The molecule has 0 saturated heterocycles. The topological polar surface area (TPSA) is 53.1 Å². The zero-order valence-electron chi connectivity index (χ0n) is 13.5. The van der Waals surface area contributed by atoms with Crippen molar-refractivity contribution in [2.24, 2.45) is 0 Å². The molecule has 6 heteroatoms. The average Bonchev–Trinajstić information content (AvgIpc) is 3.31. The fourth-order valence-corrected chi connectivity index (χ4v) is 2.49. The molecule has 122 valence electrons. The summed E-state index contributed by atoms with van der Waals surface area (Å²) in [7, 11) is 4.10. The summed E-state index contributed by atoms with van der Waals surface area (Å²) < 4.78 is 0. The Morgan fingerprint density at radius 1 is 1.22 bits per heavy atom. The van der Waals surface area contributed by atoms with Crippen molar-refractivity contribution in [3.63, 3.8) is 0 Å². The van der Waals surface area contributed by atoms with Crippen molar-refractivity contribution in [2.45, 2.75) is 18.8 Å². The van der Waals surface area contributed by atoms with Crippen LogP contribution in [0.4, 0.5) is 17.5 Å². The average molecular weight is 332 g/mol. The van der Waals surface area contributed by atoms with Crippen molar-refractivity contribution in [1.29, 1.82) is 0 Å². The zero-order valence-corrected chi connectivity index (χ0v) is 14.3. The summed E-state index contributed by atoms with van der Waals surface area (Å²) in [5, 5.41) is 7.33. The summed E-state index contributed by atoms with van der Waals surface area (Å²) in [5.74, 6) is 2.06. The van der Waals surface area contributed by atoms with Gasteiger partial charge in [0.15, 0.2) is 0 Å². The molecule has 0 unspecified atom stereocenters. The van der Waals surface area contributed by atoms with Crippen molar-refractivity contribution in [1.82, 2.24) is 14.9 Å². The lowest BCUT2D eigenvalue weighted by Crippen LogP contribution is -2.21. The van der Waals surface area contributed by atoms with Gasteiger partial charge < -0.3 is 15.5 Å². The maximum atomic E-state index is 6.04. The second kappa shape index (κ2) is 7.15. The van der Waals surface area contributed by atoms with Crippen molar-refractivity contribution < 1.29 is 0 Å². The van der Waals surface area contributed by atoms with Crippen LogP contribution in [0.15, 0.2) is 30.3 Å². The Morgan fingerprint density at radius 2 is 2.04 bits per heavy atom. The Labute approximate surface area is 142 Å². The molecule has 1 aromatic carbocycles. The van der Waals surface area contributed by atoms with E-state index in [1.807, 2.05) is 30.3 Å². The molecule has 0 amide bonds. The van der Waals surface area contributed by atoms with Crippen LogP contribution in [0, 0.1) is 0 Å². The fraction of sp³-hybridized carbons (Fsp3) is 0.412. The van der Waals surface area contributed by atoms with Gasteiger partial charge in [0.1, 0.15) is 5.82 Å². The van der Waals surface area contributed by atoms with Crippen LogP contribution in [-0.2, 0) is 0 Å². The van der Waals surface area contributed by atoms with Crippen LogP contribution in [-0.4, -0.2) is 42.1 Å². The maximum absolute atomic E-state index is 6.04. The summed E-state index contributed by atoms with van der Waals surface area (Å²) in [4.78, 5) is 11.3. The molecule has 5 nitrogen and oxygen atoms in total. The lowest BCUT2D eigenvalue weighted by Gasteiger charge is -2.13. The molecule has 1 saturated carbocycles. The van der Waals surface area contributed by atoms with E-state index in [1.54, 1.807) is 0 Å². The van der Waals surface area contributed by atoms with E-state index in [1.165, 1.54) is 12.8 Å². The highest BCUT2D eigenvalue weighted by Crippen LogP contribution is 2.40. The van der Waals surface area contributed by atoms with E-state index >= 15 is 0 Å². The van der Waals surface area contributed by atoms with Gasteiger partial charge in [0, 0.05) is 35.8 Å². The van der Waals surface area contributed by atoms with Gasteiger partial charge in [-0.25, -0.2) is 4.98 Å².